The summed E-state index contributed by atoms with van der Waals surface area (Å²) >= 11 is 0. The molecule has 132 heavy (non-hydrogen) atoms. The highest BCUT2D eigenvalue weighted by molar-refractivity contribution is 6.98. The van der Waals surface area contributed by atoms with Crippen molar-refractivity contribution >= 4 is 86.4 Å². The van der Waals surface area contributed by atoms with E-state index in [4.69, 9.17) is 18.6 Å². The average molecular weight is 1720 g/mol. The first-order chi connectivity index (χ1) is 63.4. The number of aryl methyl sites for hydroxylation is 2. The summed E-state index contributed by atoms with van der Waals surface area (Å²) < 4.78 is 31.0. The molecule has 0 N–H and O–H groups in total. The minimum Gasteiger partial charge on any atom is -0.492 e. The lowest BCUT2D eigenvalue weighted by Crippen LogP contribution is -2.62. The summed E-state index contributed by atoms with van der Waals surface area (Å²) in [7, 11) is 0. The lowest BCUT2D eigenvalue weighted by molar-refractivity contribution is 0.0598. The number of furan rings is 1. The third-order valence-electron chi connectivity index (χ3n) is 32.3. The summed E-state index contributed by atoms with van der Waals surface area (Å²) in [5.41, 5.74) is 38.8. The molecule has 0 amide bonds. The van der Waals surface area contributed by atoms with Crippen LogP contribution in [0.4, 0.5) is 45.5 Å². The van der Waals surface area contributed by atoms with Gasteiger partial charge < -0.3 is 28.4 Å². The predicted octanol–water partition coefficient (Wildman–Crippen LogP) is 26.9. The van der Waals surface area contributed by atoms with E-state index in [9.17, 15) is 0 Å². The van der Waals surface area contributed by atoms with E-state index in [-0.39, 0.29) is 51.8 Å². The van der Waals surface area contributed by atoms with Crippen LogP contribution in [0.1, 0.15) is 241 Å². The minimum absolute atomic E-state index is 0.0202. The number of anilines is 8. The van der Waals surface area contributed by atoms with Gasteiger partial charge in [-0.1, -0.05) is 346 Å². The minimum atomic E-state index is -0.838. The van der Waals surface area contributed by atoms with Crippen LogP contribution < -0.4 is 51.7 Å². The van der Waals surface area contributed by atoms with E-state index in [0.29, 0.717) is 19.4 Å². The molecule has 15 aromatic rings. The number of fused-ring (bicyclic) bond motifs is 17. The molecule has 0 radical (unpaired) electrons. The maximum atomic E-state index is 8.07. The van der Waals surface area contributed by atoms with Gasteiger partial charge in [0, 0.05) is 121 Å². The average Bonchev–Trinajstić information content (AvgIpc) is 1.50. The highest BCUT2D eigenvalue weighted by Gasteiger charge is 2.59. The SMILES string of the molecule is Cc1cc2c3c(c1)N(c1ccc(C(C)(C)C)cc1)c1cc4c(cc1B3c1oc3c(c1C2c1ccc(C(C)(C)CCC(C)(C)c2ccc(N5c6cc7c(cc6B6C8=C(OC(c9ccccc9)(c9ccccc9)C8)N(c8ccc(C(C)(C)C)cc8)c8cc(C)cc5c86)CC(c5ccccc5)(c5ccccc5)O7)cc2)cc1)C(C)(C)CCC3(C)C)C1(CO4)c2ccccc2-c2ccccc21. The topological polar surface area (TPSA) is 50.6 Å². The van der Waals surface area contributed by atoms with Crippen molar-refractivity contribution in [2.45, 2.75) is 204 Å². The molecule has 8 heterocycles. The van der Waals surface area contributed by atoms with Gasteiger partial charge in [0.05, 0.1) is 11.1 Å². The molecule has 14 aromatic carbocycles. The third-order valence-corrected chi connectivity index (χ3v) is 32.3. The van der Waals surface area contributed by atoms with Crippen molar-refractivity contribution in [3.63, 3.8) is 0 Å². The van der Waals surface area contributed by atoms with E-state index >= 15 is 0 Å². The Labute approximate surface area is 780 Å². The first kappa shape index (κ1) is 82.2. The molecular formula is C123H115B2N3O4. The fourth-order valence-corrected chi connectivity index (χ4v) is 25.0. The molecule has 1 aromatic heterocycles. The Hall–Kier alpha value is -13.0. The number of rotatable bonds is 13. The van der Waals surface area contributed by atoms with Gasteiger partial charge >= 0.3 is 0 Å². The van der Waals surface area contributed by atoms with Crippen LogP contribution in [0.3, 0.4) is 0 Å². The monoisotopic (exact) mass is 1720 g/mol. The Morgan fingerprint density at radius 2 is 0.818 bits per heavy atom. The lowest BCUT2D eigenvalue weighted by atomic mass is 9.32. The van der Waals surface area contributed by atoms with Gasteiger partial charge in [-0.15, -0.1) is 0 Å². The van der Waals surface area contributed by atoms with E-state index in [1.807, 2.05) is 0 Å². The van der Waals surface area contributed by atoms with Crippen LogP contribution in [0.5, 0.6) is 11.5 Å². The molecule has 1 unspecified atom stereocenters. The third kappa shape index (κ3) is 12.2. The van der Waals surface area contributed by atoms with Crippen molar-refractivity contribution in [1.82, 2.24) is 0 Å². The molecule has 7 aliphatic heterocycles. The van der Waals surface area contributed by atoms with E-state index in [0.717, 1.165) is 122 Å². The number of benzene rings is 14. The molecule has 2 aliphatic carbocycles. The van der Waals surface area contributed by atoms with Crippen LogP contribution in [0, 0.1) is 13.8 Å². The Morgan fingerprint density at radius 3 is 1.33 bits per heavy atom. The molecule has 1 spiro atoms. The predicted molar refractivity (Wildman–Crippen MR) is 546 cm³/mol. The second kappa shape index (κ2) is 29.0. The van der Waals surface area contributed by atoms with Crippen molar-refractivity contribution in [3.8, 4) is 22.6 Å². The number of hydrogen-bond acceptors (Lipinski definition) is 7. The molecule has 0 fully saturated rings. The zero-order valence-electron chi connectivity index (χ0n) is 79.2. The lowest BCUT2D eigenvalue weighted by Gasteiger charge is -2.43. The van der Waals surface area contributed by atoms with Crippen LogP contribution in [-0.4, -0.2) is 20.0 Å². The number of ether oxygens (including phenoxy) is 3. The Morgan fingerprint density at radius 1 is 0.386 bits per heavy atom. The molecule has 0 saturated heterocycles. The van der Waals surface area contributed by atoms with Crippen LogP contribution >= 0.6 is 0 Å². The normalized spacial score (nSPS) is 17.8. The summed E-state index contributed by atoms with van der Waals surface area (Å²) in [6.45, 7) is 38.3. The van der Waals surface area contributed by atoms with Crippen LogP contribution in [0.15, 0.2) is 331 Å². The van der Waals surface area contributed by atoms with Gasteiger partial charge in [0.25, 0.3) is 13.4 Å². The molecule has 652 valence electrons. The van der Waals surface area contributed by atoms with Crippen LogP contribution in [0.2, 0.25) is 0 Å². The van der Waals surface area contributed by atoms with Gasteiger partial charge in [0.15, 0.2) is 17.1 Å². The van der Waals surface area contributed by atoms with Gasteiger partial charge in [0.2, 0.25) is 0 Å². The van der Waals surface area contributed by atoms with E-state index in [1.54, 1.807) is 0 Å². The van der Waals surface area contributed by atoms with Crippen molar-refractivity contribution in [2.24, 2.45) is 0 Å². The Balaban J connectivity index is 0.601. The molecule has 1 atom stereocenters. The standard InChI is InChI=1S/C123H115B2N3O4/c1-76-65-93-107(108-109-112(120(15,16)64-63-119(109,13)14)130-113(108)125-98-70-96-106(129-75-121(96)94-43-31-29-41-91(94)92-42-30-32-44-95(92)121)72-101(98)126(102(66-76)110(93)125)88-55-49-80(50-56-88)115(3,4)5)78-45-47-82(48-46-78)117(9,10)61-62-118(11,12)83-53-59-89(60-54-83)127-100-71-105-79(73-122(131-105,84-33-21-17-22-34-84)85-35-23-18-24-36-85)69-97(100)124-99-74-123(86-37-25-19-26-38-86,87-39-27-20-28-40-87)132-114(99)128(104-68-77(2)67-103(127)111(104)124)90-57-51-81(52-58-90)116(6,7)8/h17-60,65-72,107H,61-64,73-75H2,1-16H3. The zero-order valence-corrected chi connectivity index (χ0v) is 79.2. The van der Waals surface area contributed by atoms with E-state index < -0.39 is 16.6 Å². The summed E-state index contributed by atoms with van der Waals surface area (Å²) in [6.07, 6.45) is 5.36. The second-order valence-electron chi connectivity index (χ2n) is 44.4. The van der Waals surface area contributed by atoms with Crippen LogP contribution in [-0.2, 0) is 60.3 Å². The van der Waals surface area contributed by atoms with E-state index in [2.05, 4.69) is 441 Å². The summed E-state index contributed by atoms with van der Waals surface area (Å²) in [5, 5.41) is 0. The van der Waals surface area contributed by atoms with Gasteiger partial charge in [-0.3, -0.25) is 4.90 Å². The highest BCUT2D eigenvalue weighted by Crippen LogP contribution is 2.62. The number of hydrogen-bond donors (Lipinski definition) is 0. The van der Waals surface area contributed by atoms with Crippen molar-refractivity contribution in [2.75, 3.05) is 21.3 Å². The first-order valence-corrected chi connectivity index (χ1v) is 48.2. The maximum Gasteiger partial charge on any atom is 0.292 e. The second-order valence-corrected chi connectivity index (χ2v) is 44.4. The summed E-state index contributed by atoms with van der Waals surface area (Å²) in [6, 6.07) is 120. The molecule has 7 nitrogen and oxygen atoms in total. The first-order valence-electron chi connectivity index (χ1n) is 48.2. The van der Waals surface area contributed by atoms with Crippen LogP contribution in [0.25, 0.3) is 11.1 Å². The zero-order chi connectivity index (χ0) is 90.5. The number of nitrogens with zero attached hydrogens (tertiary/aromatic N) is 3. The van der Waals surface area contributed by atoms with Gasteiger partial charge in [-0.05, 0) is 221 Å². The highest BCUT2D eigenvalue weighted by atomic mass is 16.5. The summed E-state index contributed by atoms with van der Waals surface area (Å²) in [5.74, 6) is 3.79. The smallest absolute Gasteiger partial charge is 0.292 e. The fraction of sp³-hybridized carbons (Fsp3) is 0.268. The van der Waals surface area contributed by atoms with Gasteiger partial charge in [-0.25, -0.2) is 0 Å². The molecule has 9 heteroatoms. The molecule has 24 rings (SSSR count). The Bertz CT molecular complexity index is 7130. The largest absolute Gasteiger partial charge is 0.492 e. The van der Waals surface area contributed by atoms with Crippen molar-refractivity contribution < 1.29 is 18.6 Å². The molecule has 0 saturated carbocycles. The van der Waals surface area contributed by atoms with Gasteiger partial charge in [0.1, 0.15) is 23.9 Å². The van der Waals surface area contributed by atoms with Crippen molar-refractivity contribution in [1.29, 1.82) is 0 Å². The van der Waals surface area contributed by atoms with Gasteiger partial charge in [-0.2, -0.15) is 0 Å². The quantitative estimate of drug-likeness (QED) is 0.107. The molecule has 0 bridgehead atoms. The summed E-state index contributed by atoms with van der Waals surface area (Å²) in [4.78, 5) is 7.63. The molecular weight excluding hydrogens is 1600 g/mol. The molecule has 9 aliphatic rings. The maximum absolute atomic E-state index is 8.07. The van der Waals surface area contributed by atoms with E-state index in [1.165, 1.54) is 116 Å². The van der Waals surface area contributed by atoms with Crippen molar-refractivity contribution in [3.05, 3.63) is 433 Å². The fourth-order valence-electron chi connectivity index (χ4n) is 25.0. The Kier molecular flexibility index (Phi) is 18.1.